The molecule has 1 aliphatic rings. The van der Waals surface area contributed by atoms with Crippen LogP contribution in [0, 0.1) is 0 Å². The number of hydrogen-bond acceptors (Lipinski definition) is 6. The van der Waals surface area contributed by atoms with Gasteiger partial charge in [0, 0.05) is 25.8 Å². The summed E-state index contributed by atoms with van der Waals surface area (Å²) in [5.41, 5.74) is 0.690. The summed E-state index contributed by atoms with van der Waals surface area (Å²) in [6.07, 6.45) is 2.75. The number of ether oxygens (including phenoxy) is 2. The fourth-order valence-electron chi connectivity index (χ4n) is 3.36. The molecule has 0 amide bonds. The van der Waals surface area contributed by atoms with Gasteiger partial charge in [0.15, 0.2) is 0 Å². The molecule has 8 heteroatoms. The summed E-state index contributed by atoms with van der Waals surface area (Å²) in [5, 5.41) is 12.4. The lowest BCUT2D eigenvalue weighted by atomic mass is 9.85. The van der Waals surface area contributed by atoms with Crippen molar-refractivity contribution in [2.24, 2.45) is 0 Å². The van der Waals surface area contributed by atoms with Gasteiger partial charge in [-0.15, -0.1) is 0 Å². The summed E-state index contributed by atoms with van der Waals surface area (Å²) in [5.74, 6) is 0.390. The van der Waals surface area contributed by atoms with Gasteiger partial charge in [0.05, 0.1) is 34.4 Å². The molecule has 1 aromatic heterocycles. The summed E-state index contributed by atoms with van der Waals surface area (Å²) in [4.78, 5) is 10.8. The fourth-order valence-corrected chi connectivity index (χ4v) is 3.68. The SMILES string of the molecule is CCOc1ncc(C2(O)CCN(Cc3ccc(Cl)c(Cl)c3)CC2)c(OCC)n1. The first kappa shape index (κ1) is 21.1. The van der Waals surface area contributed by atoms with Crippen LogP contribution < -0.4 is 9.47 Å². The minimum atomic E-state index is -1.02. The molecule has 1 saturated heterocycles. The van der Waals surface area contributed by atoms with Gasteiger partial charge in [0.1, 0.15) is 0 Å². The molecule has 0 radical (unpaired) electrons. The Morgan fingerprint density at radius 1 is 1.11 bits per heavy atom. The first-order chi connectivity index (χ1) is 13.4. The van der Waals surface area contributed by atoms with Crippen molar-refractivity contribution in [3.05, 3.63) is 45.6 Å². The van der Waals surface area contributed by atoms with E-state index in [1.165, 1.54) is 0 Å². The normalized spacial score (nSPS) is 16.8. The lowest BCUT2D eigenvalue weighted by Crippen LogP contribution is -2.42. The average Bonchev–Trinajstić information content (AvgIpc) is 2.67. The standard InChI is InChI=1S/C20H25Cl2N3O3/c1-3-27-18-15(12-23-19(24-18)28-4-2)20(26)7-9-25(10-8-20)13-14-5-6-16(21)17(22)11-14/h5-6,11-12,26H,3-4,7-10,13H2,1-2H3. The molecule has 2 heterocycles. The average molecular weight is 426 g/mol. The minimum absolute atomic E-state index is 0.260. The van der Waals surface area contributed by atoms with Crippen LogP contribution in [-0.4, -0.2) is 46.3 Å². The van der Waals surface area contributed by atoms with Gasteiger partial charge in [-0.05, 0) is 44.4 Å². The number of halogens is 2. The van der Waals surface area contributed by atoms with Gasteiger partial charge in [0.2, 0.25) is 5.88 Å². The van der Waals surface area contributed by atoms with E-state index in [9.17, 15) is 5.11 Å². The fraction of sp³-hybridized carbons (Fsp3) is 0.500. The quantitative estimate of drug-likeness (QED) is 0.720. The van der Waals surface area contributed by atoms with Crippen LogP contribution in [0.5, 0.6) is 11.9 Å². The van der Waals surface area contributed by atoms with E-state index in [1.54, 1.807) is 6.20 Å². The Morgan fingerprint density at radius 2 is 1.82 bits per heavy atom. The van der Waals surface area contributed by atoms with E-state index in [0.29, 0.717) is 47.5 Å². The van der Waals surface area contributed by atoms with Crippen LogP contribution in [0.15, 0.2) is 24.4 Å². The highest BCUT2D eigenvalue weighted by Gasteiger charge is 2.37. The smallest absolute Gasteiger partial charge is 0.319 e. The summed E-state index contributed by atoms with van der Waals surface area (Å²) < 4.78 is 11.0. The highest BCUT2D eigenvalue weighted by molar-refractivity contribution is 6.42. The number of rotatable bonds is 7. The summed E-state index contributed by atoms with van der Waals surface area (Å²) in [6.45, 7) is 6.90. The van der Waals surface area contributed by atoms with Crippen LogP contribution in [0.4, 0.5) is 0 Å². The van der Waals surface area contributed by atoms with Crippen LogP contribution in [0.3, 0.4) is 0 Å². The topological polar surface area (TPSA) is 67.7 Å². The van der Waals surface area contributed by atoms with Gasteiger partial charge < -0.3 is 14.6 Å². The molecule has 0 spiro atoms. The number of hydrogen-bond donors (Lipinski definition) is 1. The van der Waals surface area contributed by atoms with Crippen LogP contribution in [0.1, 0.15) is 37.8 Å². The molecular formula is C20H25Cl2N3O3. The zero-order chi connectivity index (χ0) is 20.1. The predicted octanol–water partition coefficient (Wildman–Crippen LogP) is 4.06. The third kappa shape index (κ3) is 4.87. The van der Waals surface area contributed by atoms with E-state index in [1.807, 2.05) is 32.0 Å². The van der Waals surface area contributed by atoms with Gasteiger partial charge in [-0.25, -0.2) is 4.98 Å². The molecule has 1 aromatic carbocycles. The van der Waals surface area contributed by atoms with Crippen molar-refractivity contribution < 1.29 is 14.6 Å². The molecule has 0 saturated carbocycles. The molecule has 0 atom stereocenters. The van der Waals surface area contributed by atoms with E-state index in [2.05, 4.69) is 14.9 Å². The molecule has 1 N–H and O–H groups in total. The lowest BCUT2D eigenvalue weighted by Gasteiger charge is -2.38. The molecule has 6 nitrogen and oxygen atoms in total. The van der Waals surface area contributed by atoms with Crippen molar-refractivity contribution in [2.75, 3.05) is 26.3 Å². The maximum absolute atomic E-state index is 11.3. The summed E-state index contributed by atoms with van der Waals surface area (Å²) in [6, 6.07) is 5.93. The second-order valence-electron chi connectivity index (χ2n) is 6.79. The number of nitrogens with zero attached hydrogens (tertiary/aromatic N) is 3. The highest BCUT2D eigenvalue weighted by Crippen LogP contribution is 2.38. The molecule has 152 valence electrons. The molecule has 0 bridgehead atoms. The molecule has 0 aliphatic carbocycles. The van der Waals surface area contributed by atoms with Crippen LogP contribution in [0.2, 0.25) is 10.0 Å². The molecule has 3 rings (SSSR count). The Balaban J connectivity index is 1.70. The van der Waals surface area contributed by atoms with Crippen LogP contribution >= 0.6 is 23.2 Å². The van der Waals surface area contributed by atoms with E-state index in [0.717, 1.165) is 25.2 Å². The molecule has 2 aromatic rings. The maximum atomic E-state index is 11.3. The van der Waals surface area contributed by atoms with Gasteiger partial charge in [0.25, 0.3) is 0 Å². The number of aromatic nitrogens is 2. The van der Waals surface area contributed by atoms with E-state index in [-0.39, 0.29) is 6.01 Å². The molecular weight excluding hydrogens is 401 g/mol. The van der Waals surface area contributed by atoms with Gasteiger partial charge in [-0.1, -0.05) is 29.3 Å². The monoisotopic (exact) mass is 425 g/mol. The maximum Gasteiger partial charge on any atom is 0.319 e. The third-order valence-corrected chi connectivity index (χ3v) is 5.60. The number of aliphatic hydroxyl groups is 1. The van der Waals surface area contributed by atoms with Crippen LogP contribution in [-0.2, 0) is 12.1 Å². The Morgan fingerprint density at radius 3 is 2.46 bits per heavy atom. The number of benzene rings is 1. The molecule has 1 fully saturated rings. The van der Waals surface area contributed by atoms with E-state index >= 15 is 0 Å². The minimum Gasteiger partial charge on any atom is -0.478 e. The van der Waals surface area contributed by atoms with Gasteiger partial charge in [-0.2, -0.15) is 4.98 Å². The largest absolute Gasteiger partial charge is 0.478 e. The van der Waals surface area contributed by atoms with Crippen molar-refractivity contribution in [1.82, 2.24) is 14.9 Å². The van der Waals surface area contributed by atoms with Crippen LogP contribution in [0.25, 0.3) is 0 Å². The number of piperidine rings is 1. The van der Waals surface area contributed by atoms with E-state index in [4.69, 9.17) is 32.7 Å². The van der Waals surface area contributed by atoms with Gasteiger partial charge in [-0.3, -0.25) is 4.90 Å². The summed E-state index contributed by atoms with van der Waals surface area (Å²) in [7, 11) is 0. The Hall–Kier alpha value is -1.60. The molecule has 1 aliphatic heterocycles. The zero-order valence-electron chi connectivity index (χ0n) is 16.1. The Bertz CT molecular complexity index is 811. The zero-order valence-corrected chi connectivity index (χ0v) is 17.6. The van der Waals surface area contributed by atoms with Crippen molar-refractivity contribution in [2.45, 2.75) is 38.8 Å². The van der Waals surface area contributed by atoms with Crippen molar-refractivity contribution in [1.29, 1.82) is 0 Å². The molecule has 28 heavy (non-hydrogen) atoms. The van der Waals surface area contributed by atoms with E-state index < -0.39 is 5.60 Å². The van der Waals surface area contributed by atoms with Gasteiger partial charge >= 0.3 is 6.01 Å². The summed E-state index contributed by atoms with van der Waals surface area (Å²) >= 11 is 12.1. The highest BCUT2D eigenvalue weighted by atomic mass is 35.5. The number of likely N-dealkylation sites (tertiary alicyclic amines) is 1. The predicted molar refractivity (Wildman–Crippen MR) is 109 cm³/mol. The van der Waals surface area contributed by atoms with Crippen molar-refractivity contribution in [3.8, 4) is 11.9 Å². The first-order valence-corrected chi connectivity index (χ1v) is 10.2. The molecule has 0 unspecified atom stereocenters. The van der Waals surface area contributed by atoms with Crippen molar-refractivity contribution in [3.63, 3.8) is 0 Å². The third-order valence-electron chi connectivity index (χ3n) is 4.86. The Kier molecular flexibility index (Phi) is 6.99. The Labute approximate surface area is 175 Å². The second-order valence-corrected chi connectivity index (χ2v) is 7.61. The first-order valence-electron chi connectivity index (χ1n) is 9.47. The van der Waals surface area contributed by atoms with Crippen molar-refractivity contribution >= 4 is 23.2 Å². The lowest BCUT2D eigenvalue weighted by molar-refractivity contribution is -0.0303. The second kappa shape index (κ2) is 9.27.